The summed E-state index contributed by atoms with van der Waals surface area (Å²) in [7, 11) is 0. The summed E-state index contributed by atoms with van der Waals surface area (Å²) >= 11 is 0. The van der Waals surface area contributed by atoms with Gasteiger partial charge < -0.3 is 9.84 Å². The van der Waals surface area contributed by atoms with Crippen LogP contribution in [-0.2, 0) is 4.74 Å². The summed E-state index contributed by atoms with van der Waals surface area (Å²) in [5, 5.41) is 10.2. The largest absolute Gasteiger partial charge is 0.388 e. The van der Waals surface area contributed by atoms with Crippen LogP contribution in [0, 0.1) is 5.82 Å². The summed E-state index contributed by atoms with van der Waals surface area (Å²) in [6.45, 7) is 2.63. The van der Waals surface area contributed by atoms with Gasteiger partial charge in [0, 0.05) is 19.1 Å². The first kappa shape index (κ1) is 14.0. The summed E-state index contributed by atoms with van der Waals surface area (Å²) in [6, 6.07) is 6.67. The highest BCUT2D eigenvalue weighted by molar-refractivity contribution is 5.18. The molecule has 0 spiro atoms. The fraction of sp³-hybridized carbons (Fsp3) is 0.625. The average molecular weight is 279 g/mol. The smallest absolute Gasteiger partial charge is 0.123 e. The van der Waals surface area contributed by atoms with E-state index in [2.05, 4.69) is 4.90 Å². The fourth-order valence-corrected chi connectivity index (χ4v) is 3.42. The Morgan fingerprint density at radius 2 is 2.10 bits per heavy atom. The molecule has 110 valence electrons. The van der Waals surface area contributed by atoms with Gasteiger partial charge >= 0.3 is 0 Å². The van der Waals surface area contributed by atoms with Crippen molar-refractivity contribution in [2.45, 2.75) is 43.9 Å². The van der Waals surface area contributed by atoms with Crippen LogP contribution in [0.2, 0.25) is 0 Å². The molecule has 3 unspecified atom stereocenters. The number of hydrogen-bond donors (Lipinski definition) is 1. The molecule has 3 nitrogen and oxygen atoms in total. The van der Waals surface area contributed by atoms with E-state index in [4.69, 9.17) is 4.74 Å². The van der Waals surface area contributed by atoms with Gasteiger partial charge in [0.2, 0.25) is 0 Å². The number of benzene rings is 1. The highest BCUT2D eigenvalue weighted by Crippen LogP contribution is 2.30. The Kier molecular flexibility index (Phi) is 4.34. The number of hydrogen-bond acceptors (Lipinski definition) is 3. The maximum absolute atomic E-state index is 12.9. The Hall–Kier alpha value is -0.970. The van der Waals surface area contributed by atoms with Crippen molar-refractivity contribution >= 4 is 0 Å². The molecule has 3 atom stereocenters. The molecule has 1 N–H and O–H groups in total. The second-order valence-corrected chi connectivity index (χ2v) is 5.80. The molecule has 1 aromatic rings. The standard InChI is InChI=1S/C16H22FNO2/c17-13-6-4-12(5-7-13)15(19)8-9-18-10-11-20-16-3-1-2-14(16)18/h4-7,14-16,19H,1-3,8-11H2. The van der Waals surface area contributed by atoms with Crippen LogP contribution in [-0.4, -0.2) is 41.8 Å². The minimum Gasteiger partial charge on any atom is -0.388 e. The van der Waals surface area contributed by atoms with Gasteiger partial charge in [0.05, 0.1) is 18.8 Å². The van der Waals surface area contributed by atoms with Gasteiger partial charge in [0.1, 0.15) is 5.82 Å². The Morgan fingerprint density at radius 3 is 2.90 bits per heavy atom. The Morgan fingerprint density at radius 1 is 1.30 bits per heavy atom. The van der Waals surface area contributed by atoms with Crippen molar-refractivity contribution in [1.82, 2.24) is 4.90 Å². The van der Waals surface area contributed by atoms with Crippen LogP contribution in [0.5, 0.6) is 0 Å². The third-order valence-corrected chi connectivity index (χ3v) is 4.54. The Labute approximate surface area is 119 Å². The first-order chi connectivity index (χ1) is 9.74. The van der Waals surface area contributed by atoms with Crippen LogP contribution in [0.25, 0.3) is 0 Å². The molecule has 0 radical (unpaired) electrons. The first-order valence-corrected chi connectivity index (χ1v) is 7.53. The van der Waals surface area contributed by atoms with Crippen molar-refractivity contribution in [3.8, 4) is 0 Å². The molecule has 3 rings (SSSR count). The first-order valence-electron chi connectivity index (χ1n) is 7.53. The highest BCUT2D eigenvalue weighted by Gasteiger charge is 2.35. The van der Waals surface area contributed by atoms with Crippen LogP contribution < -0.4 is 0 Å². The highest BCUT2D eigenvalue weighted by atomic mass is 19.1. The van der Waals surface area contributed by atoms with Gasteiger partial charge in [-0.15, -0.1) is 0 Å². The van der Waals surface area contributed by atoms with E-state index in [1.807, 2.05) is 0 Å². The van der Waals surface area contributed by atoms with Crippen LogP contribution in [0.3, 0.4) is 0 Å². The quantitative estimate of drug-likeness (QED) is 0.919. The molecule has 1 aromatic carbocycles. The van der Waals surface area contributed by atoms with E-state index in [-0.39, 0.29) is 5.82 Å². The van der Waals surface area contributed by atoms with Crippen LogP contribution in [0.1, 0.15) is 37.4 Å². The van der Waals surface area contributed by atoms with Crippen molar-refractivity contribution in [3.05, 3.63) is 35.6 Å². The topological polar surface area (TPSA) is 32.7 Å². The predicted molar refractivity (Wildman–Crippen MR) is 74.9 cm³/mol. The van der Waals surface area contributed by atoms with E-state index in [1.54, 1.807) is 12.1 Å². The molecule has 20 heavy (non-hydrogen) atoms. The lowest BCUT2D eigenvalue weighted by atomic mass is 10.0. The third-order valence-electron chi connectivity index (χ3n) is 4.54. The van der Waals surface area contributed by atoms with E-state index < -0.39 is 6.10 Å². The van der Waals surface area contributed by atoms with Crippen molar-refractivity contribution in [2.24, 2.45) is 0 Å². The third kappa shape index (κ3) is 3.03. The number of aliphatic hydroxyl groups is 1. The van der Waals surface area contributed by atoms with Crippen LogP contribution in [0.4, 0.5) is 4.39 Å². The molecular formula is C16H22FNO2. The van der Waals surface area contributed by atoms with Crippen molar-refractivity contribution in [3.63, 3.8) is 0 Å². The van der Waals surface area contributed by atoms with Gasteiger partial charge in [-0.25, -0.2) is 4.39 Å². The average Bonchev–Trinajstić information content (AvgIpc) is 2.94. The monoisotopic (exact) mass is 279 g/mol. The number of aliphatic hydroxyl groups excluding tert-OH is 1. The summed E-state index contributed by atoms with van der Waals surface area (Å²) in [6.07, 6.45) is 4.19. The molecule has 1 aliphatic heterocycles. The van der Waals surface area contributed by atoms with Gasteiger partial charge in [-0.3, -0.25) is 4.90 Å². The molecule has 0 bridgehead atoms. The zero-order chi connectivity index (χ0) is 13.9. The predicted octanol–water partition coefficient (Wildman–Crippen LogP) is 2.50. The number of halogens is 1. The van der Waals surface area contributed by atoms with Gasteiger partial charge in [-0.05, 0) is 43.4 Å². The second-order valence-electron chi connectivity index (χ2n) is 5.80. The van der Waals surface area contributed by atoms with Crippen molar-refractivity contribution in [1.29, 1.82) is 0 Å². The maximum Gasteiger partial charge on any atom is 0.123 e. The van der Waals surface area contributed by atoms with Gasteiger partial charge in [-0.1, -0.05) is 12.1 Å². The number of rotatable bonds is 4. The van der Waals surface area contributed by atoms with E-state index in [1.165, 1.54) is 31.4 Å². The number of ether oxygens (including phenoxy) is 1. The van der Waals surface area contributed by atoms with E-state index in [9.17, 15) is 9.50 Å². The summed E-state index contributed by atoms with van der Waals surface area (Å²) in [5.74, 6) is -0.261. The SMILES string of the molecule is OC(CCN1CCOC2CCCC21)c1ccc(F)cc1. The lowest BCUT2D eigenvalue weighted by molar-refractivity contribution is -0.0587. The molecular weight excluding hydrogens is 257 g/mol. The van der Waals surface area contributed by atoms with Crippen LogP contribution in [0.15, 0.2) is 24.3 Å². The zero-order valence-electron chi connectivity index (χ0n) is 11.7. The molecule has 1 saturated carbocycles. The molecule has 1 aliphatic carbocycles. The Bertz CT molecular complexity index is 437. The molecule has 1 heterocycles. The molecule has 1 saturated heterocycles. The molecule has 2 fully saturated rings. The molecule has 4 heteroatoms. The lowest BCUT2D eigenvalue weighted by Gasteiger charge is -2.38. The molecule has 0 aromatic heterocycles. The fourth-order valence-electron chi connectivity index (χ4n) is 3.42. The summed E-state index contributed by atoms with van der Waals surface area (Å²) in [4.78, 5) is 2.45. The normalized spacial score (nSPS) is 28.3. The number of nitrogens with zero attached hydrogens (tertiary/aromatic N) is 1. The minimum atomic E-state index is -0.515. The molecule has 0 amide bonds. The number of morpholine rings is 1. The molecule has 2 aliphatic rings. The van der Waals surface area contributed by atoms with Gasteiger partial charge in [-0.2, -0.15) is 0 Å². The van der Waals surface area contributed by atoms with E-state index in [0.29, 0.717) is 18.6 Å². The van der Waals surface area contributed by atoms with E-state index in [0.717, 1.165) is 25.3 Å². The van der Waals surface area contributed by atoms with Gasteiger partial charge in [0.15, 0.2) is 0 Å². The number of fused-ring (bicyclic) bond motifs is 1. The van der Waals surface area contributed by atoms with Crippen molar-refractivity contribution < 1.29 is 14.2 Å². The maximum atomic E-state index is 12.9. The van der Waals surface area contributed by atoms with Crippen LogP contribution >= 0.6 is 0 Å². The second kappa shape index (κ2) is 6.20. The minimum absolute atomic E-state index is 0.261. The van der Waals surface area contributed by atoms with Crippen molar-refractivity contribution in [2.75, 3.05) is 19.7 Å². The summed E-state index contributed by atoms with van der Waals surface area (Å²) in [5.41, 5.74) is 0.794. The zero-order valence-corrected chi connectivity index (χ0v) is 11.7. The summed E-state index contributed by atoms with van der Waals surface area (Å²) < 4.78 is 18.7. The lowest BCUT2D eigenvalue weighted by Crippen LogP contribution is -2.48. The van der Waals surface area contributed by atoms with E-state index >= 15 is 0 Å². The Balaban J connectivity index is 1.54. The van der Waals surface area contributed by atoms with Gasteiger partial charge in [0.25, 0.3) is 0 Å².